The van der Waals surface area contributed by atoms with Gasteiger partial charge in [-0.25, -0.2) is 0 Å². The summed E-state index contributed by atoms with van der Waals surface area (Å²) in [7, 11) is 0. The second-order valence-electron chi connectivity index (χ2n) is 8.73. The molecule has 1 unspecified atom stereocenters. The molecule has 0 spiro atoms. The fourth-order valence-electron chi connectivity index (χ4n) is 4.17. The zero-order chi connectivity index (χ0) is 22.3. The third-order valence-corrected chi connectivity index (χ3v) is 6.24. The standard InChI is InChI=1S/C26H32N4O2/c1-19-10-12-21(13-11-19)26-29-28-25(32-26)15-14-24(31)27-17-22-8-3-4-9-23(22)18-30-16-6-5-7-20(30)2/h3-4,8-13,20H,5-7,14-18H2,1-2H3,(H,27,31). The van der Waals surface area contributed by atoms with Gasteiger partial charge in [-0.05, 0) is 56.5 Å². The summed E-state index contributed by atoms with van der Waals surface area (Å²) in [6.07, 6.45) is 4.60. The molecule has 0 bridgehead atoms. The van der Waals surface area contributed by atoms with E-state index in [1.54, 1.807) is 0 Å². The highest BCUT2D eigenvalue weighted by atomic mass is 16.4. The van der Waals surface area contributed by atoms with Gasteiger partial charge >= 0.3 is 0 Å². The summed E-state index contributed by atoms with van der Waals surface area (Å²) in [5.74, 6) is 0.956. The number of amides is 1. The van der Waals surface area contributed by atoms with Gasteiger partial charge in [-0.15, -0.1) is 10.2 Å². The summed E-state index contributed by atoms with van der Waals surface area (Å²) in [5.41, 5.74) is 4.54. The van der Waals surface area contributed by atoms with Crippen LogP contribution in [0.25, 0.3) is 11.5 Å². The minimum Gasteiger partial charge on any atom is -0.421 e. The van der Waals surface area contributed by atoms with Crippen molar-refractivity contribution in [2.24, 2.45) is 0 Å². The zero-order valence-corrected chi connectivity index (χ0v) is 19.0. The maximum Gasteiger partial charge on any atom is 0.247 e. The van der Waals surface area contributed by atoms with E-state index in [1.807, 2.05) is 37.3 Å². The van der Waals surface area contributed by atoms with Crippen molar-refractivity contribution in [3.63, 3.8) is 0 Å². The quantitative estimate of drug-likeness (QED) is 0.560. The van der Waals surface area contributed by atoms with Crippen LogP contribution >= 0.6 is 0 Å². The maximum atomic E-state index is 12.4. The van der Waals surface area contributed by atoms with Crippen molar-refractivity contribution in [3.8, 4) is 11.5 Å². The summed E-state index contributed by atoms with van der Waals surface area (Å²) < 4.78 is 5.73. The maximum absolute atomic E-state index is 12.4. The molecule has 168 valence electrons. The van der Waals surface area contributed by atoms with E-state index in [0.717, 1.165) is 18.7 Å². The van der Waals surface area contributed by atoms with Crippen LogP contribution < -0.4 is 5.32 Å². The molecular formula is C26H32N4O2. The summed E-state index contributed by atoms with van der Waals surface area (Å²) in [6, 6.07) is 17.0. The lowest BCUT2D eigenvalue weighted by molar-refractivity contribution is -0.121. The molecule has 1 fully saturated rings. The van der Waals surface area contributed by atoms with Crippen molar-refractivity contribution >= 4 is 5.91 Å². The number of carbonyl (C=O) groups excluding carboxylic acids is 1. The Morgan fingerprint density at radius 2 is 1.88 bits per heavy atom. The first kappa shape index (κ1) is 22.2. The van der Waals surface area contributed by atoms with E-state index >= 15 is 0 Å². The van der Waals surface area contributed by atoms with Crippen LogP contribution in [0.2, 0.25) is 0 Å². The Hall–Kier alpha value is -2.99. The molecule has 3 aromatic rings. The van der Waals surface area contributed by atoms with Gasteiger partial charge < -0.3 is 9.73 Å². The topological polar surface area (TPSA) is 71.3 Å². The van der Waals surface area contributed by atoms with E-state index in [2.05, 4.69) is 45.5 Å². The third kappa shape index (κ3) is 5.82. The number of aryl methyl sites for hydroxylation is 2. The molecule has 1 aromatic heterocycles. The number of rotatable bonds is 8. The number of carbonyl (C=O) groups is 1. The van der Waals surface area contributed by atoms with E-state index in [4.69, 9.17) is 4.42 Å². The van der Waals surface area contributed by atoms with Gasteiger partial charge in [0.2, 0.25) is 17.7 Å². The second-order valence-corrected chi connectivity index (χ2v) is 8.73. The summed E-state index contributed by atoms with van der Waals surface area (Å²) in [4.78, 5) is 15.0. The Kier molecular flexibility index (Phi) is 7.32. The molecule has 0 aliphatic carbocycles. The molecule has 1 amide bonds. The first-order valence-corrected chi connectivity index (χ1v) is 11.6. The number of piperidine rings is 1. The van der Waals surface area contributed by atoms with Crippen LogP contribution in [0.1, 0.15) is 55.2 Å². The number of aromatic nitrogens is 2. The Morgan fingerprint density at radius 1 is 1.09 bits per heavy atom. The van der Waals surface area contributed by atoms with Crippen LogP contribution in [-0.2, 0) is 24.3 Å². The fraction of sp³-hybridized carbons (Fsp3) is 0.423. The number of hydrogen-bond acceptors (Lipinski definition) is 5. The predicted octanol–water partition coefficient (Wildman–Crippen LogP) is 4.67. The number of benzene rings is 2. The van der Waals surface area contributed by atoms with Crippen molar-refractivity contribution in [3.05, 3.63) is 71.1 Å². The van der Waals surface area contributed by atoms with E-state index in [9.17, 15) is 4.79 Å². The minimum atomic E-state index is -0.0128. The van der Waals surface area contributed by atoms with Gasteiger partial charge in [0.15, 0.2) is 0 Å². The summed E-state index contributed by atoms with van der Waals surface area (Å²) in [6.45, 7) is 6.98. The van der Waals surface area contributed by atoms with Gasteiger partial charge in [0.1, 0.15) is 0 Å². The van der Waals surface area contributed by atoms with Crippen molar-refractivity contribution in [1.29, 1.82) is 0 Å². The molecule has 2 aromatic carbocycles. The average Bonchev–Trinajstić information content (AvgIpc) is 3.28. The van der Waals surface area contributed by atoms with E-state index in [0.29, 0.717) is 37.2 Å². The molecule has 2 heterocycles. The lowest BCUT2D eigenvalue weighted by Crippen LogP contribution is -2.37. The first-order valence-electron chi connectivity index (χ1n) is 11.6. The monoisotopic (exact) mass is 432 g/mol. The van der Waals surface area contributed by atoms with E-state index < -0.39 is 0 Å². The van der Waals surface area contributed by atoms with Crippen molar-refractivity contribution < 1.29 is 9.21 Å². The van der Waals surface area contributed by atoms with E-state index in [-0.39, 0.29) is 5.91 Å². The third-order valence-electron chi connectivity index (χ3n) is 6.24. The molecule has 0 saturated carbocycles. The fourth-order valence-corrected chi connectivity index (χ4v) is 4.17. The van der Waals surface area contributed by atoms with Gasteiger partial charge in [-0.1, -0.05) is 48.4 Å². The number of likely N-dealkylation sites (tertiary alicyclic amines) is 1. The zero-order valence-electron chi connectivity index (χ0n) is 19.0. The van der Waals surface area contributed by atoms with Gasteiger partial charge in [-0.3, -0.25) is 9.69 Å². The highest BCUT2D eigenvalue weighted by Gasteiger charge is 2.19. The molecule has 4 rings (SSSR count). The number of hydrogen-bond donors (Lipinski definition) is 1. The molecule has 1 saturated heterocycles. The predicted molar refractivity (Wildman–Crippen MR) is 125 cm³/mol. The van der Waals surface area contributed by atoms with Crippen molar-refractivity contribution in [2.45, 2.75) is 65.1 Å². The first-order chi connectivity index (χ1) is 15.6. The van der Waals surface area contributed by atoms with Crippen molar-refractivity contribution in [2.75, 3.05) is 6.54 Å². The molecule has 0 radical (unpaired) electrons. The van der Waals surface area contributed by atoms with E-state index in [1.165, 1.54) is 36.0 Å². The van der Waals surface area contributed by atoms with Crippen LogP contribution in [0.4, 0.5) is 0 Å². The Labute approximate surface area is 190 Å². The highest BCUT2D eigenvalue weighted by Crippen LogP contribution is 2.21. The molecule has 1 N–H and O–H groups in total. The molecule has 1 aliphatic rings. The van der Waals surface area contributed by atoms with Gasteiger partial charge in [0.25, 0.3) is 0 Å². The second kappa shape index (κ2) is 10.6. The van der Waals surface area contributed by atoms with Crippen LogP contribution in [0, 0.1) is 6.92 Å². The van der Waals surface area contributed by atoms with Gasteiger partial charge in [0.05, 0.1) is 0 Å². The summed E-state index contributed by atoms with van der Waals surface area (Å²) in [5, 5.41) is 11.3. The van der Waals surface area contributed by atoms with Crippen LogP contribution in [0.3, 0.4) is 0 Å². The molecule has 1 aliphatic heterocycles. The highest BCUT2D eigenvalue weighted by molar-refractivity contribution is 5.76. The van der Waals surface area contributed by atoms with Crippen molar-refractivity contribution in [1.82, 2.24) is 20.4 Å². The molecule has 6 heteroatoms. The lowest BCUT2D eigenvalue weighted by Gasteiger charge is -2.33. The Morgan fingerprint density at radius 3 is 2.66 bits per heavy atom. The Bertz CT molecular complexity index is 1030. The smallest absolute Gasteiger partial charge is 0.247 e. The average molecular weight is 433 g/mol. The van der Waals surface area contributed by atoms with Gasteiger partial charge in [-0.2, -0.15) is 0 Å². The van der Waals surface area contributed by atoms with Crippen LogP contribution in [0.5, 0.6) is 0 Å². The largest absolute Gasteiger partial charge is 0.421 e. The SMILES string of the molecule is Cc1ccc(-c2nnc(CCC(=O)NCc3ccccc3CN3CCCCC3C)o2)cc1. The molecule has 32 heavy (non-hydrogen) atoms. The molecule has 1 atom stereocenters. The van der Waals surface area contributed by atoms with Crippen LogP contribution in [-0.4, -0.2) is 33.6 Å². The Balaban J connectivity index is 1.28. The number of nitrogens with zero attached hydrogens (tertiary/aromatic N) is 3. The molecule has 6 nitrogen and oxygen atoms in total. The number of nitrogens with one attached hydrogen (secondary N) is 1. The minimum absolute atomic E-state index is 0.0128. The summed E-state index contributed by atoms with van der Waals surface area (Å²) >= 11 is 0. The molecular weight excluding hydrogens is 400 g/mol. The lowest BCUT2D eigenvalue weighted by atomic mass is 10.0. The van der Waals surface area contributed by atoms with Gasteiger partial charge in [0, 0.05) is 37.5 Å². The van der Waals surface area contributed by atoms with Crippen LogP contribution in [0.15, 0.2) is 52.9 Å². The normalized spacial score (nSPS) is 16.8.